The van der Waals surface area contributed by atoms with Gasteiger partial charge in [-0.25, -0.2) is 9.78 Å². The predicted octanol–water partition coefficient (Wildman–Crippen LogP) is 2.21. The Hall–Kier alpha value is -2.87. The Morgan fingerprint density at radius 3 is 3.05 bits per heavy atom. The van der Waals surface area contributed by atoms with Crippen molar-refractivity contribution in [2.45, 2.75) is 13.0 Å². The summed E-state index contributed by atoms with van der Waals surface area (Å²) in [6.07, 6.45) is 2.49. The first-order chi connectivity index (χ1) is 10.2. The van der Waals surface area contributed by atoms with Crippen molar-refractivity contribution in [3.8, 4) is 6.07 Å². The Morgan fingerprint density at radius 1 is 1.43 bits per heavy atom. The van der Waals surface area contributed by atoms with E-state index in [0.29, 0.717) is 12.2 Å². The zero-order valence-electron chi connectivity index (χ0n) is 11.3. The number of pyridine rings is 1. The number of nitriles is 1. The first-order valence-corrected chi connectivity index (χ1v) is 6.64. The van der Waals surface area contributed by atoms with Crippen molar-refractivity contribution in [2.75, 3.05) is 11.4 Å². The number of hydrogen-bond donors (Lipinski definition) is 1. The molecule has 2 heterocycles. The van der Waals surface area contributed by atoms with Crippen LogP contribution < -0.4 is 4.90 Å². The smallest absolute Gasteiger partial charge is 0.335 e. The van der Waals surface area contributed by atoms with Gasteiger partial charge in [-0.1, -0.05) is 12.1 Å². The normalized spacial score (nSPS) is 12.8. The van der Waals surface area contributed by atoms with E-state index in [1.54, 1.807) is 24.4 Å². The van der Waals surface area contributed by atoms with Gasteiger partial charge < -0.3 is 10.0 Å². The molecule has 1 aromatic carbocycles. The molecule has 0 saturated carbocycles. The highest BCUT2D eigenvalue weighted by atomic mass is 16.4. The van der Waals surface area contributed by atoms with Crippen molar-refractivity contribution in [2.24, 2.45) is 0 Å². The SMILES string of the molecule is N#Cc1ncccc1CN1CCc2ccc(C(=O)O)cc21. The molecule has 0 amide bonds. The number of aromatic nitrogens is 1. The average molecular weight is 279 g/mol. The van der Waals surface area contributed by atoms with Crippen LogP contribution >= 0.6 is 0 Å². The van der Waals surface area contributed by atoms with Crippen LogP contribution in [0.3, 0.4) is 0 Å². The van der Waals surface area contributed by atoms with Gasteiger partial charge in [0.25, 0.3) is 0 Å². The number of benzene rings is 1. The fourth-order valence-electron chi connectivity index (χ4n) is 2.62. The third kappa shape index (κ3) is 2.43. The zero-order chi connectivity index (χ0) is 14.8. The molecule has 0 atom stereocenters. The average Bonchev–Trinajstić information content (AvgIpc) is 2.90. The number of fused-ring (bicyclic) bond motifs is 1. The van der Waals surface area contributed by atoms with E-state index >= 15 is 0 Å². The van der Waals surface area contributed by atoms with Crippen molar-refractivity contribution in [1.82, 2.24) is 4.98 Å². The van der Waals surface area contributed by atoms with Crippen molar-refractivity contribution < 1.29 is 9.90 Å². The first-order valence-electron chi connectivity index (χ1n) is 6.64. The van der Waals surface area contributed by atoms with Crippen LogP contribution in [0.2, 0.25) is 0 Å². The third-order valence-electron chi connectivity index (χ3n) is 3.68. The summed E-state index contributed by atoms with van der Waals surface area (Å²) in [6.45, 7) is 1.38. The zero-order valence-corrected chi connectivity index (χ0v) is 11.3. The van der Waals surface area contributed by atoms with Crippen LogP contribution in [0.5, 0.6) is 0 Å². The minimum Gasteiger partial charge on any atom is -0.478 e. The van der Waals surface area contributed by atoms with Crippen LogP contribution in [0, 0.1) is 11.3 Å². The lowest BCUT2D eigenvalue weighted by Crippen LogP contribution is -2.20. The van der Waals surface area contributed by atoms with Crippen LogP contribution in [0.1, 0.15) is 27.2 Å². The second-order valence-corrected chi connectivity index (χ2v) is 4.94. The molecular weight excluding hydrogens is 266 g/mol. The first kappa shape index (κ1) is 13.1. The van der Waals surface area contributed by atoms with Crippen LogP contribution in [-0.4, -0.2) is 22.6 Å². The third-order valence-corrected chi connectivity index (χ3v) is 3.68. The van der Waals surface area contributed by atoms with Gasteiger partial charge in [-0.3, -0.25) is 0 Å². The highest BCUT2D eigenvalue weighted by Crippen LogP contribution is 2.30. The summed E-state index contributed by atoms with van der Waals surface area (Å²) in [5.41, 5.74) is 3.63. The molecular formula is C16H13N3O2. The maximum atomic E-state index is 11.1. The molecule has 5 nitrogen and oxygen atoms in total. The molecule has 1 N–H and O–H groups in total. The summed E-state index contributed by atoms with van der Waals surface area (Å²) in [4.78, 5) is 17.3. The molecule has 0 radical (unpaired) electrons. The molecule has 104 valence electrons. The van der Waals surface area contributed by atoms with Gasteiger partial charge in [0.05, 0.1) is 5.56 Å². The molecule has 0 unspecified atom stereocenters. The molecule has 5 heteroatoms. The number of carboxylic acid groups (broad SMARTS) is 1. The van der Waals surface area contributed by atoms with E-state index < -0.39 is 5.97 Å². The molecule has 1 aromatic heterocycles. The molecule has 0 fully saturated rings. The molecule has 0 spiro atoms. The van der Waals surface area contributed by atoms with E-state index in [2.05, 4.69) is 16.0 Å². The topological polar surface area (TPSA) is 77.2 Å². The van der Waals surface area contributed by atoms with Gasteiger partial charge in [0.15, 0.2) is 0 Å². The van der Waals surface area contributed by atoms with Crippen LogP contribution in [0.15, 0.2) is 36.5 Å². The summed E-state index contributed by atoms with van der Waals surface area (Å²) in [5, 5.41) is 18.2. The van der Waals surface area contributed by atoms with Gasteiger partial charge in [-0.05, 0) is 30.2 Å². The standard InChI is InChI=1S/C16H13N3O2/c17-9-14-13(2-1-6-18-14)10-19-7-5-11-3-4-12(16(20)21)8-15(11)19/h1-4,6,8H,5,7,10H2,(H,20,21). The van der Waals surface area contributed by atoms with Gasteiger partial charge in [0.2, 0.25) is 0 Å². The van der Waals surface area contributed by atoms with Gasteiger partial charge in [0.1, 0.15) is 11.8 Å². The molecule has 21 heavy (non-hydrogen) atoms. The number of nitrogens with zero attached hydrogens (tertiary/aromatic N) is 3. The molecule has 0 aliphatic carbocycles. The minimum atomic E-state index is -0.927. The fraction of sp³-hybridized carbons (Fsp3) is 0.188. The van der Waals surface area contributed by atoms with Crippen molar-refractivity contribution in [3.63, 3.8) is 0 Å². The Balaban J connectivity index is 1.92. The minimum absolute atomic E-state index is 0.285. The number of hydrogen-bond acceptors (Lipinski definition) is 4. The highest BCUT2D eigenvalue weighted by Gasteiger charge is 2.21. The number of aromatic carboxylic acids is 1. The lowest BCUT2D eigenvalue weighted by atomic mass is 10.1. The summed E-state index contributed by atoms with van der Waals surface area (Å²) >= 11 is 0. The highest BCUT2D eigenvalue weighted by molar-refractivity contribution is 5.89. The summed E-state index contributed by atoms with van der Waals surface area (Å²) < 4.78 is 0. The van der Waals surface area contributed by atoms with Gasteiger partial charge in [-0.15, -0.1) is 0 Å². The Labute approximate surface area is 122 Å². The van der Waals surface area contributed by atoms with Crippen LogP contribution in [0.25, 0.3) is 0 Å². The van der Waals surface area contributed by atoms with E-state index in [4.69, 9.17) is 10.4 Å². The molecule has 3 rings (SSSR count). The van der Waals surface area contributed by atoms with Crippen molar-refractivity contribution in [3.05, 3.63) is 58.9 Å². The van der Waals surface area contributed by atoms with Gasteiger partial charge >= 0.3 is 5.97 Å². The van der Waals surface area contributed by atoms with Crippen molar-refractivity contribution in [1.29, 1.82) is 5.26 Å². The molecule has 0 bridgehead atoms. The Kier molecular flexibility index (Phi) is 3.28. The molecule has 0 saturated heterocycles. The number of carboxylic acids is 1. The second kappa shape index (κ2) is 5.25. The van der Waals surface area contributed by atoms with Crippen LogP contribution in [-0.2, 0) is 13.0 Å². The molecule has 1 aliphatic heterocycles. The largest absolute Gasteiger partial charge is 0.478 e. The molecule has 1 aliphatic rings. The fourth-order valence-corrected chi connectivity index (χ4v) is 2.62. The lowest BCUT2D eigenvalue weighted by molar-refractivity contribution is 0.0697. The molecule has 2 aromatic rings. The van der Waals surface area contributed by atoms with Gasteiger partial charge in [0, 0.05) is 30.5 Å². The number of rotatable bonds is 3. The predicted molar refractivity (Wildman–Crippen MR) is 77.1 cm³/mol. The maximum Gasteiger partial charge on any atom is 0.335 e. The maximum absolute atomic E-state index is 11.1. The Bertz CT molecular complexity index is 749. The summed E-state index contributed by atoms with van der Waals surface area (Å²) in [5.74, 6) is -0.927. The van der Waals surface area contributed by atoms with Gasteiger partial charge in [-0.2, -0.15) is 5.26 Å². The lowest BCUT2D eigenvalue weighted by Gasteiger charge is -2.20. The van der Waals surface area contributed by atoms with E-state index in [9.17, 15) is 4.79 Å². The van der Waals surface area contributed by atoms with Crippen LogP contribution in [0.4, 0.5) is 5.69 Å². The van der Waals surface area contributed by atoms with E-state index in [0.717, 1.165) is 29.8 Å². The van der Waals surface area contributed by atoms with Crippen molar-refractivity contribution >= 4 is 11.7 Å². The van der Waals surface area contributed by atoms with E-state index in [1.807, 2.05) is 12.1 Å². The number of carbonyl (C=O) groups is 1. The van der Waals surface area contributed by atoms with E-state index in [-0.39, 0.29) is 5.56 Å². The number of anilines is 1. The quantitative estimate of drug-likeness (QED) is 0.932. The van der Waals surface area contributed by atoms with E-state index in [1.165, 1.54) is 0 Å². The second-order valence-electron chi connectivity index (χ2n) is 4.94. The monoisotopic (exact) mass is 279 g/mol. The summed E-state index contributed by atoms with van der Waals surface area (Å²) in [6, 6.07) is 11.0. The summed E-state index contributed by atoms with van der Waals surface area (Å²) in [7, 11) is 0. The Morgan fingerprint density at radius 2 is 2.29 bits per heavy atom.